The summed E-state index contributed by atoms with van der Waals surface area (Å²) in [7, 11) is 1.64. The third-order valence-electron chi connectivity index (χ3n) is 3.14. The molecule has 2 rings (SSSR count). The molecule has 0 aliphatic rings. The van der Waals surface area contributed by atoms with Crippen LogP contribution < -0.4 is 9.47 Å². The first-order chi connectivity index (χ1) is 10.9. The minimum atomic E-state index is -0.523. The van der Waals surface area contributed by atoms with Crippen LogP contribution in [-0.4, -0.2) is 19.3 Å². The van der Waals surface area contributed by atoms with Gasteiger partial charge in [0.25, 0.3) is 0 Å². The van der Waals surface area contributed by atoms with E-state index in [-0.39, 0.29) is 5.97 Å². The van der Waals surface area contributed by atoms with Crippen LogP contribution >= 0.6 is 0 Å². The van der Waals surface area contributed by atoms with E-state index in [4.69, 9.17) is 9.47 Å². The number of methoxy groups -OCH3 is 1. The van der Waals surface area contributed by atoms with Gasteiger partial charge in [0.2, 0.25) is 0 Å². The van der Waals surface area contributed by atoms with E-state index in [0.717, 1.165) is 17.0 Å². The lowest BCUT2D eigenvalue weighted by atomic mass is 9.97. The van der Waals surface area contributed by atoms with Gasteiger partial charge >= 0.3 is 5.97 Å². The van der Waals surface area contributed by atoms with E-state index in [1.807, 2.05) is 57.2 Å². The molecule has 0 aromatic heterocycles. The monoisotopic (exact) mass is 311 g/mol. The molecule has 120 valence electrons. The Morgan fingerprint density at radius 3 is 2.04 bits per heavy atom. The third-order valence-corrected chi connectivity index (χ3v) is 3.14. The smallest absolute Gasteiger partial charge is 0.316 e. The van der Waals surface area contributed by atoms with Crippen molar-refractivity contribution in [3.05, 3.63) is 54.1 Å². The van der Waals surface area contributed by atoms with Crippen LogP contribution in [-0.2, 0) is 4.79 Å². The van der Waals surface area contributed by atoms with Gasteiger partial charge in [-0.3, -0.25) is 9.79 Å². The van der Waals surface area contributed by atoms with E-state index in [1.54, 1.807) is 25.5 Å². The molecule has 0 spiro atoms. The maximum Gasteiger partial charge on any atom is 0.316 e. The zero-order chi connectivity index (χ0) is 16.9. The molecule has 23 heavy (non-hydrogen) atoms. The van der Waals surface area contributed by atoms with Crippen LogP contribution in [0.1, 0.15) is 26.3 Å². The molecule has 0 radical (unpaired) electrons. The van der Waals surface area contributed by atoms with E-state index in [1.165, 1.54) is 0 Å². The van der Waals surface area contributed by atoms with Crippen molar-refractivity contribution in [2.75, 3.05) is 7.11 Å². The highest BCUT2D eigenvalue weighted by Crippen LogP contribution is 2.22. The average Bonchev–Trinajstić information content (AvgIpc) is 2.54. The normalized spacial score (nSPS) is 11.5. The Balaban J connectivity index is 2.01. The van der Waals surface area contributed by atoms with Gasteiger partial charge in [0.05, 0.1) is 18.2 Å². The summed E-state index contributed by atoms with van der Waals surface area (Å²) in [6.45, 7) is 5.47. The highest BCUT2D eigenvalue weighted by Gasteiger charge is 2.23. The minimum Gasteiger partial charge on any atom is -0.497 e. The highest BCUT2D eigenvalue weighted by molar-refractivity contribution is 5.82. The first-order valence-corrected chi connectivity index (χ1v) is 7.39. The van der Waals surface area contributed by atoms with E-state index in [0.29, 0.717) is 5.75 Å². The summed E-state index contributed by atoms with van der Waals surface area (Å²) in [6, 6.07) is 14.7. The molecule has 0 atom stereocenters. The van der Waals surface area contributed by atoms with E-state index in [2.05, 4.69) is 4.99 Å². The molecule has 4 heteroatoms. The van der Waals surface area contributed by atoms with E-state index in [9.17, 15) is 4.79 Å². The Bertz CT molecular complexity index is 680. The predicted molar refractivity (Wildman–Crippen MR) is 91.8 cm³/mol. The Labute approximate surface area is 136 Å². The largest absolute Gasteiger partial charge is 0.497 e. The molecular formula is C19H21NO3. The first kappa shape index (κ1) is 16.7. The van der Waals surface area contributed by atoms with Crippen molar-refractivity contribution < 1.29 is 14.3 Å². The van der Waals surface area contributed by atoms with Crippen molar-refractivity contribution in [3.63, 3.8) is 0 Å². The number of hydrogen-bond acceptors (Lipinski definition) is 4. The molecule has 0 saturated heterocycles. The number of carbonyl (C=O) groups is 1. The zero-order valence-electron chi connectivity index (χ0n) is 13.9. The number of hydrogen-bond donors (Lipinski definition) is 0. The summed E-state index contributed by atoms with van der Waals surface area (Å²) in [6.07, 6.45) is 1.77. The van der Waals surface area contributed by atoms with Crippen LogP contribution in [0.3, 0.4) is 0 Å². The summed E-state index contributed by atoms with van der Waals surface area (Å²) in [4.78, 5) is 16.2. The lowest BCUT2D eigenvalue weighted by molar-refractivity contribution is -0.142. The maximum absolute atomic E-state index is 11.8. The Hall–Kier alpha value is -2.62. The highest BCUT2D eigenvalue weighted by atomic mass is 16.5. The fourth-order valence-corrected chi connectivity index (χ4v) is 1.70. The fraction of sp³-hybridized carbons (Fsp3) is 0.263. The SMILES string of the molecule is COc1ccc(C=Nc2ccc(OC(=O)C(C)(C)C)cc2)cc1. The molecule has 0 aliphatic heterocycles. The van der Waals surface area contributed by atoms with Crippen LogP contribution in [0.4, 0.5) is 5.69 Å². The molecular weight excluding hydrogens is 290 g/mol. The van der Waals surface area contributed by atoms with Crippen molar-refractivity contribution in [1.82, 2.24) is 0 Å². The van der Waals surface area contributed by atoms with Crippen LogP contribution in [0, 0.1) is 5.41 Å². The summed E-state index contributed by atoms with van der Waals surface area (Å²) in [5, 5.41) is 0. The van der Waals surface area contributed by atoms with E-state index >= 15 is 0 Å². The fourth-order valence-electron chi connectivity index (χ4n) is 1.70. The molecule has 0 N–H and O–H groups in total. The molecule has 0 heterocycles. The summed E-state index contributed by atoms with van der Waals surface area (Å²) in [5.74, 6) is 1.08. The Kier molecular flexibility index (Phi) is 5.16. The Morgan fingerprint density at radius 2 is 1.52 bits per heavy atom. The first-order valence-electron chi connectivity index (χ1n) is 7.39. The van der Waals surface area contributed by atoms with Gasteiger partial charge in [0.1, 0.15) is 11.5 Å². The maximum atomic E-state index is 11.8. The van der Waals surface area contributed by atoms with Gasteiger partial charge in [-0.2, -0.15) is 0 Å². The standard InChI is InChI=1S/C19H21NO3/c1-19(2,3)18(21)23-17-11-7-15(8-12-17)20-13-14-5-9-16(22-4)10-6-14/h5-13H,1-4H3. The Morgan fingerprint density at radius 1 is 0.957 bits per heavy atom. The van der Waals surface area contributed by atoms with Gasteiger partial charge in [-0.25, -0.2) is 0 Å². The van der Waals surface area contributed by atoms with Crippen molar-refractivity contribution in [3.8, 4) is 11.5 Å². The summed E-state index contributed by atoms with van der Waals surface area (Å²) in [5.41, 5.74) is 1.25. The molecule has 2 aromatic carbocycles. The van der Waals surface area contributed by atoms with Crippen LogP contribution in [0.5, 0.6) is 11.5 Å². The molecule has 0 amide bonds. The second-order valence-corrected chi connectivity index (χ2v) is 6.16. The summed E-state index contributed by atoms with van der Waals surface area (Å²) >= 11 is 0. The number of carbonyl (C=O) groups excluding carboxylic acids is 1. The number of benzene rings is 2. The van der Waals surface area contributed by atoms with Gasteiger partial charge in [0, 0.05) is 6.21 Å². The number of rotatable bonds is 4. The van der Waals surface area contributed by atoms with Gasteiger partial charge in [-0.05, 0) is 74.9 Å². The molecule has 0 unspecified atom stereocenters. The van der Waals surface area contributed by atoms with Crippen LogP contribution in [0.25, 0.3) is 0 Å². The van der Waals surface area contributed by atoms with Gasteiger partial charge in [-0.1, -0.05) is 0 Å². The number of esters is 1. The lowest BCUT2D eigenvalue weighted by Crippen LogP contribution is -2.25. The number of ether oxygens (including phenoxy) is 2. The second kappa shape index (κ2) is 7.09. The summed E-state index contributed by atoms with van der Waals surface area (Å²) < 4.78 is 10.4. The van der Waals surface area contributed by atoms with Gasteiger partial charge in [0.15, 0.2) is 0 Å². The topological polar surface area (TPSA) is 47.9 Å². The molecule has 0 bridgehead atoms. The van der Waals surface area contributed by atoms with Crippen LogP contribution in [0.15, 0.2) is 53.5 Å². The van der Waals surface area contributed by atoms with Crippen LogP contribution in [0.2, 0.25) is 0 Å². The molecule has 0 aliphatic carbocycles. The average molecular weight is 311 g/mol. The molecule has 4 nitrogen and oxygen atoms in total. The quantitative estimate of drug-likeness (QED) is 0.478. The molecule has 0 fully saturated rings. The minimum absolute atomic E-state index is 0.257. The van der Waals surface area contributed by atoms with Crippen molar-refractivity contribution in [2.24, 2.45) is 10.4 Å². The lowest BCUT2D eigenvalue weighted by Gasteiger charge is -2.16. The predicted octanol–water partition coefficient (Wildman–Crippen LogP) is 4.40. The number of aliphatic imine (C=N–C) groups is 1. The van der Waals surface area contributed by atoms with Crippen molar-refractivity contribution in [2.45, 2.75) is 20.8 Å². The third kappa shape index (κ3) is 4.95. The molecule has 2 aromatic rings. The van der Waals surface area contributed by atoms with Crippen molar-refractivity contribution >= 4 is 17.9 Å². The van der Waals surface area contributed by atoms with E-state index < -0.39 is 5.41 Å². The van der Waals surface area contributed by atoms with Gasteiger partial charge in [-0.15, -0.1) is 0 Å². The number of nitrogens with zero attached hydrogens (tertiary/aromatic N) is 1. The second-order valence-electron chi connectivity index (χ2n) is 6.16. The zero-order valence-corrected chi connectivity index (χ0v) is 13.9. The van der Waals surface area contributed by atoms with Crippen molar-refractivity contribution in [1.29, 1.82) is 0 Å². The molecule has 0 saturated carbocycles. The van der Waals surface area contributed by atoms with Gasteiger partial charge < -0.3 is 9.47 Å².